The van der Waals surface area contributed by atoms with E-state index < -0.39 is 0 Å². The minimum Gasteiger partial charge on any atom is -0.494 e. The lowest BCUT2D eigenvalue weighted by molar-refractivity contribution is -0.118. The zero-order chi connectivity index (χ0) is 19.2. The Hall–Kier alpha value is -2.86. The molecule has 27 heavy (non-hydrogen) atoms. The number of aryl methyl sites for hydroxylation is 2. The Morgan fingerprint density at radius 1 is 1.00 bits per heavy atom. The smallest absolute Gasteiger partial charge is 0.264 e. The van der Waals surface area contributed by atoms with Gasteiger partial charge < -0.3 is 9.47 Å². The Balaban J connectivity index is 1.58. The van der Waals surface area contributed by atoms with Crippen LogP contribution < -0.4 is 14.8 Å². The van der Waals surface area contributed by atoms with Gasteiger partial charge in [-0.2, -0.15) is 0 Å². The maximum atomic E-state index is 12.2. The zero-order valence-electron chi connectivity index (χ0n) is 15.6. The van der Waals surface area contributed by atoms with Crippen LogP contribution in [0.3, 0.4) is 0 Å². The largest absolute Gasteiger partial charge is 0.494 e. The van der Waals surface area contributed by atoms with E-state index in [2.05, 4.69) is 22.4 Å². The van der Waals surface area contributed by atoms with Gasteiger partial charge in [0.25, 0.3) is 5.91 Å². The molecule has 0 radical (unpaired) electrons. The lowest BCUT2D eigenvalue weighted by Crippen LogP contribution is -2.20. The molecule has 3 aromatic rings. The van der Waals surface area contributed by atoms with E-state index in [1.54, 1.807) is 12.1 Å². The molecule has 0 bridgehead atoms. The summed E-state index contributed by atoms with van der Waals surface area (Å²) < 4.78 is 10.9. The lowest BCUT2D eigenvalue weighted by atomic mass is 10.1. The molecule has 3 rings (SSSR count). The molecule has 0 fully saturated rings. The van der Waals surface area contributed by atoms with E-state index in [1.165, 1.54) is 16.9 Å². The number of benzene rings is 2. The Kier molecular flexibility index (Phi) is 6.08. The van der Waals surface area contributed by atoms with E-state index in [1.807, 2.05) is 45.0 Å². The van der Waals surface area contributed by atoms with Gasteiger partial charge in [0.15, 0.2) is 11.7 Å². The molecule has 1 N–H and O–H groups in total. The minimum atomic E-state index is -0.243. The second-order valence-electron chi connectivity index (χ2n) is 6.03. The molecule has 0 aliphatic rings. The van der Waals surface area contributed by atoms with Crippen molar-refractivity contribution in [3.05, 3.63) is 59.0 Å². The number of hydrogen-bond donors (Lipinski definition) is 1. The number of nitrogens with one attached hydrogen (secondary N) is 1. The van der Waals surface area contributed by atoms with Gasteiger partial charge in [0, 0.05) is 10.4 Å². The second kappa shape index (κ2) is 8.68. The fourth-order valence-corrected chi connectivity index (χ4v) is 3.38. The van der Waals surface area contributed by atoms with Crippen LogP contribution in [0.4, 0.5) is 5.13 Å². The van der Waals surface area contributed by atoms with Crippen LogP contribution in [0.15, 0.2) is 48.5 Å². The molecular weight excluding hydrogens is 360 g/mol. The SMILES string of the molecule is CCOc1ccc(OCC(=O)Nc2nc(-c3ccc(C)cc3)c(C)s2)cc1. The van der Waals surface area contributed by atoms with Crippen molar-refractivity contribution in [2.24, 2.45) is 0 Å². The van der Waals surface area contributed by atoms with Crippen LogP contribution in [0.1, 0.15) is 17.4 Å². The average Bonchev–Trinajstić information content (AvgIpc) is 3.02. The van der Waals surface area contributed by atoms with Crippen molar-refractivity contribution in [3.8, 4) is 22.8 Å². The molecule has 0 saturated carbocycles. The van der Waals surface area contributed by atoms with Crippen LogP contribution >= 0.6 is 11.3 Å². The van der Waals surface area contributed by atoms with Crippen molar-refractivity contribution < 1.29 is 14.3 Å². The molecule has 0 saturated heterocycles. The first-order valence-electron chi connectivity index (χ1n) is 8.75. The number of anilines is 1. The molecule has 140 valence electrons. The molecule has 6 heteroatoms. The standard InChI is InChI=1S/C21H22N2O3S/c1-4-25-17-9-11-18(12-10-17)26-13-19(24)22-21-23-20(15(3)27-21)16-7-5-14(2)6-8-16/h5-12H,4,13H2,1-3H3,(H,22,23,24). The maximum absolute atomic E-state index is 12.2. The van der Waals surface area contributed by atoms with Crippen molar-refractivity contribution in [3.63, 3.8) is 0 Å². The summed E-state index contributed by atoms with van der Waals surface area (Å²) in [6.45, 7) is 6.51. The first kappa shape index (κ1) is 18.9. The molecule has 5 nitrogen and oxygen atoms in total. The third-order valence-electron chi connectivity index (χ3n) is 3.87. The normalized spacial score (nSPS) is 10.5. The van der Waals surface area contributed by atoms with Gasteiger partial charge in [-0.05, 0) is 45.0 Å². The van der Waals surface area contributed by atoms with Gasteiger partial charge in [0.2, 0.25) is 0 Å². The van der Waals surface area contributed by atoms with Crippen LogP contribution in [0.25, 0.3) is 11.3 Å². The van der Waals surface area contributed by atoms with Crippen LogP contribution in [0.5, 0.6) is 11.5 Å². The lowest BCUT2D eigenvalue weighted by Gasteiger charge is -2.07. The monoisotopic (exact) mass is 382 g/mol. The number of carbonyl (C=O) groups excluding carboxylic acids is 1. The number of amides is 1. The van der Waals surface area contributed by atoms with Crippen molar-refractivity contribution >= 4 is 22.4 Å². The van der Waals surface area contributed by atoms with E-state index in [-0.39, 0.29) is 12.5 Å². The predicted molar refractivity (Wildman–Crippen MR) is 109 cm³/mol. The van der Waals surface area contributed by atoms with Crippen LogP contribution in [-0.4, -0.2) is 24.1 Å². The predicted octanol–water partition coefficient (Wildman–Crippen LogP) is 4.84. The number of nitrogens with zero attached hydrogens (tertiary/aromatic N) is 1. The molecule has 0 unspecified atom stereocenters. The first-order chi connectivity index (χ1) is 13.0. The highest BCUT2D eigenvalue weighted by atomic mass is 32.1. The quantitative estimate of drug-likeness (QED) is 0.635. The number of hydrogen-bond acceptors (Lipinski definition) is 5. The van der Waals surface area contributed by atoms with Crippen molar-refractivity contribution in [2.45, 2.75) is 20.8 Å². The molecule has 0 spiro atoms. The van der Waals surface area contributed by atoms with Crippen LogP contribution in [0, 0.1) is 13.8 Å². The third kappa shape index (κ3) is 5.08. The maximum Gasteiger partial charge on any atom is 0.264 e. The summed E-state index contributed by atoms with van der Waals surface area (Å²) in [5, 5.41) is 3.38. The third-order valence-corrected chi connectivity index (χ3v) is 4.76. The van der Waals surface area contributed by atoms with E-state index in [0.717, 1.165) is 21.9 Å². The summed E-state index contributed by atoms with van der Waals surface area (Å²) in [6, 6.07) is 15.4. The highest BCUT2D eigenvalue weighted by Crippen LogP contribution is 2.30. The Morgan fingerprint density at radius 3 is 2.26 bits per heavy atom. The molecule has 1 aromatic heterocycles. The van der Waals surface area contributed by atoms with Crippen molar-refractivity contribution in [2.75, 3.05) is 18.5 Å². The van der Waals surface area contributed by atoms with Gasteiger partial charge in [0.1, 0.15) is 11.5 Å². The summed E-state index contributed by atoms with van der Waals surface area (Å²) in [4.78, 5) is 17.8. The Labute approximate surface area is 163 Å². The van der Waals surface area contributed by atoms with Gasteiger partial charge in [-0.15, -0.1) is 11.3 Å². The van der Waals surface area contributed by atoms with Gasteiger partial charge in [-0.3, -0.25) is 10.1 Å². The second-order valence-corrected chi connectivity index (χ2v) is 7.23. The Morgan fingerprint density at radius 2 is 1.63 bits per heavy atom. The molecule has 0 atom stereocenters. The molecule has 0 aliphatic carbocycles. The highest BCUT2D eigenvalue weighted by Gasteiger charge is 2.12. The topological polar surface area (TPSA) is 60.5 Å². The van der Waals surface area contributed by atoms with E-state index in [4.69, 9.17) is 9.47 Å². The van der Waals surface area contributed by atoms with Gasteiger partial charge in [-0.1, -0.05) is 29.8 Å². The fourth-order valence-electron chi connectivity index (χ4n) is 2.53. The summed E-state index contributed by atoms with van der Waals surface area (Å²) in [6.07, 6.45) is 0. The molecular formula is C21H22N2O3S. The summed E-state index contributed by atoms with van der Waals surface area (Å²) in [5.74, 6) is 1.15. The summed E-state index contributed by atoms with van der Waals surface area (Å²) in [5.41, 5.74) is 3.13. The van der Waals surface area contributed by atoms with Gasteiger partial charge in [0.05, 0.1) is 12.3 Å². The molecule has 1 heterocycles. The fraction of sp³-hybridized carbons (Fsp3) is 0.238. The van der Waals surface area contributed by atoms with Crippen molar-refractivity contribution in [1.29, 1.82) is 0 Å². The molecule has 1 amide bonds. The number of carbonyl (C=O) groups is 1. The number of ether oxygens (including phenoxy) is 2. The minimum absolute atomic E-state index is 0.0769. The summed E-state index contributed by atoms with van der Waals surface area (Å²) >= 11 is 1.46. The van der Waals surface area contributed by atoms with Gasteiger partial charge in [-0.25, -0.2) is 4.98 Å². The summed E-state index contributed by atoms with van der Waals surface area (Å²) in [7, 11) is 0. The van der Waals surface area contributed by atoms with E-state index in [9.17, 15) is 4.79 Å². The van der Waals surface area contributed by atoms with Crippen molar-refractivity contribution in [1.82, 2.24) is 4.98 Å². The van der Waals surface area contributed by atoms with Crippen LogP contribution in [-0.2, 0) is 4.79 Å². The van der Waals surface area contributed by atoms with E-state index >= 15 is 0 Å². The Bertz CT molecular complexity index is 902. The van der Waals surface area contributed by atoms with Gasteiger partial charge >= 0.3 is 0 Å². The molecule has 2 aromatic carbocycles. The zero-order valence-corrected chi connectivity index (χ0v) is 16.4. The number of aromatic nitrogens is 1. The van der Waals surface area contributed by atoms with E-state index in [0.29, 0.717) is 17.5 Å². The first-order valence-corrected chi connectivity index (χ1v) is 9.57. The average molecular weight is 382 g/mol. The highest BCUT2D eigenvalue weighted by molar-refractivity contribution is 7.16. The number of thiazole rings is 1. The van der Waals surface area contributed by atoms with Crippen LogP contribution in [0.2, 0.25) is 0 Å². The molecule has 0 aliphatic heterocycles. The number of rotatable bonds is 7.